The molecule has 27 heavy (non-hydrogen) atoms. The molecule has 1 unspecified atom stereocenters. The van der Waals surface area contributed by atoms with Crippen LogP contribution in [0.15, 0.2) is 65.3 Å². The lowest BCUT2D eigenvalue weighted by molar-refractivity contribution is -0.117. The highest BCUT2D eigenvalue weighted by Gasteiger charge is 2.35. The minimum Gasteiger partial charge on any atom is -0.459 e. The average molecular weight is 368 g/mol. The topological polar surface area (TPSA) is 62.6 Å². The summed E-state index contributed by atoms with van der Waals surface area (Å²) in [6.07, 6.45) is 1.35. The number of rotatable bonds is 2. The molecule has 1 N–H and O–H groups in total. The van der Waals surface area contributed by atoms with Crippen LogP contribution in [0.5, 0.6) is 0 Å². The van der Waals surface area contributed by atoms with E-state index in [-0.39, 0.29) is 12.3 Å². The van der Waals surface area contributed by atoms with Gasteiger partial charge in [0, 0.05) is 11.3 Å². The molecular weight excluding hydrogens is 354 g/mol. The highest BCUT2D eigenvalue weighted by Crippen LogP contribution is 2.37. The number of benzene rings is 2. The summed E-state index contributed by atoms with van der Waals surface area (Å²) in [5.74, 6) is -1.85. The van der Waals surface area contributed by atoms with Crippen molar-refractivity contribution in [3.8, 4) is 0 Å². The van der Waals surface area contributed by atoms with E-state index in [4.69, 9.17) is 4.42 Å². The molecule has 3 aromatic rings. The fourth-order valence-corrected chi connectivity index (χ4v) is 3.21. The van der Waals surface area contributed by atoms with Crippen LogP contribution in [0.1, 0.15) is 27.7 Å². The number of carbonyl (C=O) groups is 2. The molecule has 1 atom stereocenters. The third kappa shape index (κ3) is 3.19. The molecule has 0 fully saturated rings. The van der Waals surface area contributed by atoms with Crippen LogP contribution < -0.4 is 5.32 Å². The van der Waals surface area contributed by atoms with Crippen LogP contribution in [0.25, 0.3) is 0 Å². The van der Waals surface area contributed by atoms with Gasteiger partial charge in [0.05, 0.1) is 12.3 Å². The summed E-state index contributed by atoms with van der Waals surface area (Å²) in [5, 5.41) is 2.69. The largest absolute Gasteiger partial charge is 0.459 e. The summed E-state index contributed by atoms with van der Waals surface area (Å²) in [6, 6.07) is 11.7. The Labute approximate surface area is 153 Å². The van der Waals surface area contributed by atoms with E-state index < -0.39 is 29.5 Å². The number of fused-ring (bicyclic) bond motifs is 1. The second kappa shape index (κ2) is 6.68. The lowest BCUT2D eigenvalue weighted by Gasteiger charge is -2.30. The SMILES string of the molecule is O=C1CN(C(=O)c2ccco2)C(c2ccc(F)cc2)c2cc(F)ccc2N1. The Kier molecular flexibility index (Phi) is 4.19. The number of amides is 2. The minimum atomic E-state index is -0.798. The highest BCUT2D eigenvalue weighted by atomic mass is 19.1. The van der Waals surface area contributed by atoms with E-state index in [2.05, 4.69) is 5.32 Å². The fourth-order valence-electron chi connectivity index (χ4n) is 3.21. The van der Waals surface area contributed by atoms with E-state index in [1.165, 1.54) is 59.7 Å². The zero-order valence-electron chi connectivity index (χ0n) is 14.0. The first kappa shape index (κ1) is 17.0. The van der Waals surface area contributed by atoms with Gasteiger partial charge in [0.1, 0.15) is 18.2 Å². The number of hydrogen-bond acceptors (Lipinski definition) is 3. The first-order valence-electron chi connectivity index (χ1n) is 8.22. The van der Waals surface area contributed by atoms with Crippen LogP contribution in [-0.2, 0) is 4.79 Å². The molecule has 2 aromatic carbocycles. The van der Waals surface area contributed by atoms with Gasteiger partial charge in [-0.05, 0) is 48.0 Å². The van der Waals surface area contributed by atoms with Crippen molar-refractivity contribution in [2.45, 2.75) is 6.04 Å². The number of hydrogen-bond donors (Lipinski definition) is 1. The molecule has 2 amide bonds. The van der Waals surface area contributed by atoms with Gasteiger partial charge >= 0.3 is 0 Å². The van der Waals surface area contributed by atoms with Crippen LogP contribution in [-0.4, -0.2) is 23.3 Å². The van der Waals surface area contributed by atoms with Crippen molar-refractivity contribution in [2.75, 3.05) is 11.9 Å². The zero-order chi connectivity index (χ0) is 19.0. The Hall–Kier alpha value is -3.48. The predicted molar refractivity (Wildman–Crippen MR) is 93.0 cm³/mol. The molecule has 1 aliphatic heterocycles. The zero-order valence-corrected chi connectivity index (χ0v) is 14.0. The third-order valence-electron chi connectivity index (χ3n) is 4.39. The van der Waals surface area contributed by atoms with E-state index in [9.17, 15) is 18.4 Å². The van der Waals surface area contributed by atoms with Gasteiger partial charge in [-0.15, -0.1) is 0 Å². The molecule has 5 nitrogen and oxygen atoms in total. The summed E-state index contributed by atoms with van der Waals surface area (Å²) in [5.41, 5.74) is 1.33. The van der Waals surface area contributed by atoms with Gasteiger partial charge in [-0.3, -0.25) is 9.59 Å². The van der Waals surface area contributed by atoms with Crippen LogP contribution in [0.3, 0.4) is 0 Å². The van der Waals surface area contributed by atoms with Crippen LogP contribution in [0, 0.1) is 11.6 Å². The minimum absolute atomic E-state index is 0.0507. The number of furan rings is 1. The molecule has 7 heteroatoms. The first-order chi connectivity index (χ1) is 13.0. The molecule has 0 saturated carbocycles. The molecule has 0 saturated heterocycles. The lowest BCUT2D eigenvalue weighted by Crippen LogP contribution is -2.38. The number of carbonyl (C=O) groups excluding carboxylic acids is 2. The van der Waals surface area contributed by atoms with E-state index in [1.807, 2.05) is 0 Å². The van der Waals surface area contributed by atoms with Gasteiger partial charge in [0.15, 0.2) is 5.76 Å². The normalized spacial score (nSPS) is 16.4. The maximum absolute atomic E-state index is 14.0. The molecule has 0 radical (unpaired) electrons. The number of nitrogens with zero attached hydrogens (tertiary/aromatic N) is 1. The van der Waals surface area contributed by atoms with Crippen molar-refractivity contribution in [1.82, 2.24) is 4.90 Å². The van der Waals surface area contributed by atoms with Gasteiger partial charge in [-0.25, -0.2) is 8.78 Å². The molecule has 0 bridgehead atoms. The molecule has 1 aliphatic rings. The number of anilines is 1. The van der Waals surface area contributed by atoms with Crippen molar-refractivity contribution in [3.05, 3.63) is 89.4 Å². The molecule has 2 heterocycles. The van der Waals surface area contributed by atoms with Crippen molar-refractivity contribution >= 4 is 17.5 Å². The highest BCUT2D eigenvalue weighted by molar-refractivity contribution is 6.00. The van der Waals surface area contributed by atoms with E-state index in [0.717, 1.165) is 0 Å². The summed E-state index contributed by atoms with van der Waals surface area (Å²) < 4.78 is 32.6. The van der Waals surface area contributed by atoms with Gasteiger partial charge < -0.3 is 14.6 Å². The molecule has 0 aliphatic carbocycles. The van der Waals surface area contributed by atoms with E-state index in [1.54, 1.807) is 6.07 Å². The summed E-state index contributed by atoms with van der Waals surface area (Å²) in [6.45, 7) is -0.266. The quantitative estimate of drug-likeness (QED) is 0.750. The van der Waals surface area contributed by atoms with Crippen LogP contribution in [0.2, 0.25) is 0 Å². The smallest absolute Gasteiger partial charge is 0.290 e. The first-order valence-corrected chi connectivity index (χ1v) is 8.22. The fraction of sp³-hybridized carbons (Fsp3) is 0.100. The maximum atomic E-state index is 14.0. The number of nitrogens with one attached hydrogen (secondary N) is 1. The second-order valence-corrected chi connectivity index (χ2v) is 6.14. The van der Waals surface area contributed by atoms with Gasteiger partial charge in [-0.2, -0.15) is 0 Å². The van der Waals surface area contributed by atoms with E-state index >= 15 is 0 Å². The lowest BCUT2D eigenvalue weighted by atomic mass is 9.95. The molecule has 4 rings (SSSR count). The standard InChI is InChI=1S/C20H14F2N2O3/c21-13-5-3-12(4-6-13)19-15-10-14(22)7-8-16(15)23-18(25)11-24(19)20(26)17-2-1-9-27-17/h1-10,19H,11H2,(H,23,25). The Morgan fingerprint density at radius 3 is 2.52 bits per heavy atom. The van der Waals surface area contributed by atoms with Crippen molar-refractivity contribution in [3.63, 3.8) is 0 Å². The van der Waals surface area contributed by atoms with Gasteiger partial charge in [0.2, 0.25) is 5.91 Å². The van der Waals surface area contributed by atoms with Crippen LogP contribution >= 0.6 is 0 Å². The molecule has 1 aromatic heterocycles. The Morgan fingerprint density at radius 2 is 1.81 bits per heavy atom. The number of halogens is 2. The Balaban J connectivity index is 1.90. The Bertz CT molecular complexity index is 1000. The summed E-state index contributed by atoms with van der Waals surface area (Å²) >= 11 is 0. The van der Waals surface area contributed by atoms with Crippen molar-refractivity contribution in [2.24, 2.45) is 0 Å². The maximum Gasteiger partial charge on any atom is 0.290 e. The second-order valence-electron chi connectivity index (χ2n) is 6.14. The van der Waals surface area contributed by atoms with Gasteiger partial charge in [-0.1, -0.05) is 12.1 Å². The van der Waals surface area contributed by atoms with Crippen molar-refractivity contribution in [1.29, 1.82) is 0 Å². The Morgan fingerprint density at radius 1 is 1.07 bits per heavy atom. The monoisotopic (exact) mass is 368 g/mol. The third-order valence-corrected chi connectivity index (χ3v) is 4.39. The predicted octanol–water partition coefficient (Wildman–Crippen LogP) is 3.74. The summed E-state index contributed by atoms with van der Waals surface area (Å²) in [4.78, 5) is 26.6. The molecular formula is C20H14F2N2O3. The van der Waals surface area contributed by atoms with Crippen molar-refractivity contribution < 1.29 is 22.8 Å². The van der Waals surface area contributed by atoms with Gasteiger partial charge in [0.25, 0.3) is 5.91 Å². The molecule has 136 valence electrons. The molecule has 0 spiro atoms. The average Bonchev–Trinajstić information content (AvgIpc) is 3.14. The van der Waals surface area contributed by atoms with E-state index in [0.29, 0.717) is 16.8 Å². The van der Waals surface area contributed by atoms with Crippen LogP contribution in [0.4, 0.5) is 14.5 Å². The summed E-state index contributed by atoms with van der Waals surface area (Å²) in [7, 11) is 0.